The van der Waals surface area contributed by atoms with Crippen LogP contribution in [0.15, 0.2) is 36.9 Å². The molecule has 1 fully saturated rings. The van der Waals surface area contributed by atoms with Gasteiger partial charge in [0.25, 0.3) is 0 Å². The van der Waals surface area contributed by atoms with Crippen LogP contribution in [0.1, 0.15) is 82.2 Å². The summed E-state index contributed by atoms with van der Waals surface area (Å²) >= 11 is 0. The molecular formula is C29H41FN6. The predicted molar refractivity (Wildman–Crippen MR) is 148 cm³/mol. The van der Waals surface area contributed by atoms with Crippen molar-refractivity contribution in [3.05, 3.63) is 59.5 Å². The molecular weight excluding hydrogens is 451 g/mol. The van der Waals surface area contributed by atoms with Gasteiger partial charge >= 0.3 is 0 Å². The maximum absolute atomic E-state index is 14.1. The fraction of sp³-hybridized carbons (Fsp3) is 0.517. The average molecular weight is 493 g/mol. The van der Waals surface area contributed by atoms with Crippen LogP contribution in [0.5, 0.6) is 0 Å². The van der Waals surface area contributed by atoms with Crippen LogP contribution in [-0.2, 0) is 0 Å². The number of unbranched alkanes of at least 4 members (excludes halogenated alkanes) is 1. The standard InChI is InChI=1S/C29H41FN6/c1-6-9-16-34(8-3)29-20-27(31-15-7-2)32-28-19-25(33-36(28)29)26-12-10-11-17-35(26)22(5)24-18-23(30)14-13-21(24)4/h13-14,18-20,26H,5-12,15-17H2,1-4H3,(H,31,32). The predicted octanol–water partition coefficient (Wildman–Crippen LogP) is 6.82. The summed E-state index contributed by atoms with van der Waals surface area (Å²) in [6.45, 7) is 16.7. The molecule has 0 bridgehead atoms. The van der Waals surface area contributed by atoms with Crippen LogP contribution in [-0.4, -0.2) is 45.7 Å². The van der Waals surface area contributed by atoms with Gasteiger partial charge in [0.15, 0.2) is 5.65 Å². The first-order valence-corrected chi connectivity index (χ1v) is 13.6. The number of halogens is 1. The van der Waals surface area contributed by atoms with E-state index in [1.165, 1.54) is 6.07 Å². The van der Waals surface area contributed by atoms with Gasteiger partial charge in [-0.05, 0) is 63.6 Å². The zero-order valence-corrected chi connectivity index (χ0v) is 22.4. The molecule has 1 saturated heterocycles. The first-order chi connectivity index (χ1) is 17.5. The number of hydrogen-bond donors (Lipinski definition) is 1. The lowest BCUT2D eigenvalue weighted by Gasteiger charge is -2.38. The molecule has 3 heterocycles. The Labute approximate surface area is 215 Å². The number of piperidine rings is 1. The van der Waals surface area contributed by atoms with E-state index in [0.717, 1.165) is 105 Å². The first-order valence-electron chi connectivity index (χ1n) is 13.6. The molecule has 1 aliphatic rings. The summed E-state index contributed by atoms with van der Waals surface area (Å²) in [5.74, 6) is 1.73. The number of aryl methyl sites for hydroxylation is 1. The van der Waals surface area contributed by atoms with Gasteiger partial charge in [-0.25, -0.2) is 9.37 Å². The Balaban J connectivity index is 1.74. The quantitative estimate of drug-likeness (QED) is 0.318. The lowest BCUT2D eigenvalue weighted by Crippen LogP contribution is -2.32. The maximum atomic E-state index is 14.1. The van der Waals surface area contributed by atoms with Crippen molar-refractivity contribution >= 4 is 23.0 Å². The van der Waals surface area contributed by atoms with Crippen LogP contribution in [0.25, 0.3) is 11.3 Å². The van der Waals surface area contributed by atoms with Gasteiger partial charge in [0, 0.05) is 49.6 Å². The SMILES string of the molecule is C=C(c1cc(F)ccc1C)N1CCCCC1c1cc2nc(NCCC)cc(N(CC)CCCC)n2n1. The van der Waals surface area contributed by atoms with E-state index in [1.54, 1.807) is 6.07 Å². The molecule has 0 radical (unpaired) electrons. The first kappa shape index (κ1) is 26.0. The molecule has 1 N–H and O–H groups in total. The Kier molecular flexibility index (Phi) is 8.49. The molecule has 0 aliphatic carbocycles. The molecule has 0 spiro atoms. The van der Waals surface area contributed by atoms with Crippen molar-refractivity contribution < 1.29 is 4.39 Å². The Morgan fingerprint density at radius 3 is 2.75 bits per heavy atom. The molecule has 2 aromatic heterocycles. The minimum absolute atomic E-state index is 0.0845. The average Bonchev–Trinajstić information content (AvgIpc) is 3.33. The van der Waals surface area contributed by atoms with Gasteiger partial charge in [-0.1, -0.05) is 32.9 Å². The number of nitrogens with zero attached hydrogens (tertiary/aromatic N) is 5. The number of benzene rings is 1. The third-order valence-corrected chi connectivity index (χ3v) is 7.17. The van der Waals surface area contributed by atoms with Crippen LogP contribution in [0.4, 0.5) is 16.0 Å². The highest BCUT2D eigenvalue weighted by molar-refractivity contribution is 5.66. The molecule has 0 saturated carbocycles. The molecule has 0 amide bonds. The number of aromatic nitrogens is 3. The summed E-state index contributed by atoms with van der Waals surface area (Å²) < 4.78 is 16.1. The van der Waals surface area contributed by atoms with Crippen molar-refractivity contribution in [3.63, 3.8) is 0 Å². The maximum Gasteiger partial charge on any atom is 0.160 e. The second-order valence-corrected chi connectivity index (χ2v) is 9.81. The highest BCUT2D eigenvalue weighted by atomic mass is 19.1. The molecule has 1 aromatic carbocycles. The number of nitrogens with one attached hydrogen (secondary N) is 1. The van der Waals surface area contributed by atoms with Crippen LogP contribution in [0, 0.1) is 12.7 Å². The van der Waals surface area contributed by atoms with Crippen LogP contribution in [0.3, 0.4) is 0 Å². The third-order valence-electron chi connectivity index (χ3n) is 7.17. The van der Waals surface area contributed by atoms with Crippen molar-refractivity contribution in [1.29, 1.82) is 0 Å². The fourth-order valence-electron chi connectivity index (χ4n) is 5.11. The fourth-order valence-corrected chi connectivity index (χ4v) is 5.11. The van der Waals surface area contributed by atoms with Gasteiger partial charge in [0.2, 0.25) is 0 Å². The van der Waals surface area contributed by atoms with E-state index in [-0.39, 0.29) is 11.9 Å². The highest BCUT2D eigenvalue weighted by Gasteiger charge is 2.29. The van der Waals surface area contributed by atoms with Gasteiger partial charge in [-0.3, -0.25) is 0 Å². The van der Waals surface area contributed by atoms with Crippen molar-refractivity contribution in [1.82, 2.24) is 19.5 Å². The van der Waals surface area contributed by atoms with Gasteiger partial charge in [-0.15, -0.1) is 0 Å². The number of fused-ring (bicyclic) bond motifs is 1. The smallest absolute Gasteiger partial charge is 0.160 e. The van der Waals surface area contributed by atoms with Gasteiger partial charge in [0.1, 0.15) is 17.5 Å². The van der Waals surface area contributed by atoms with Gasteiger partial charge in [0.05, 0.1) is 11.7 Å². The minimum atomic E-state index is -0.231. The second kappa shape index (κ2) is 11.8. The van der Waals surface area contributed by atoms with E-state index >= 15 is 0 Å². The summed E-state index contributed by atoms with van der Waals surface area (Å²) in [6.07, 6.45) is 6.53. The van der Waals surface area contributed by atoms with E-state index in [4.69, 9.17) is 10.1 Å². The molecule has 1 aliphatic heterocycles. The Morgan fingerprint density at radius 1 is 1.17 bits per heavy atom. The van der Waals surface area contributed by atoms with Crippen molar-refractivity contribution in [2.24, 2.45) is 0 Å². The van der Waals surface area contributed by atoms with Crippen LogP contribution in [0.2, 0.25) is 0 Å². The number of likely N-dealkylation sites (tertiary alicyclic amines) is 1. The van der Waals surface area contributed by atoms with E-state index in [9.17, 15) is 4.39 Å². The zero-order valence-electron chi connectivity index (χ0n) is 22.4. The summed E-state index contributed by atoms with van der Waals surface area (Å²) in [6, 6.07) is 9.29. The number of hydrogen-bond acceptors (Lipinski definition) is 5. The summed E-state index contributed by atoms with van der Waals surface area (Å²) in [5.41, 5.74) is 4.62. The lowest BCUT2D eigenvalue weighted by molar-refractivity contribution is 0.226. The largest absolute Gasteiger partial charge is 0.370 e. The van der Waals surface area contributed by atoms with Crippen molar-refractivity contribution in [3.8, 4) is 0 Å². The second-order valence-electron chi connectivity index (χ2n) is 9.81. The molecule has 1 atom stereocenters. The van der Waals surface area contributed by atoms with E-state index < -0.39 is 0 Å². The molecule has 36 heavy (non-hydrogen) atoms. The monoisotopic (exact) mass is 492 g/mol. The van der Waals surface area contributed by atoms with Crippen LogP contribution < -0.4 is 10.2 Å². The highest BCUT2D eigenvalue weighted by Crippen LogP contribution is 2.37. The minimum Gasteiger partial charge on any atom is -0.370 e. The van der Waals surface area contributed by atoms with E-state index in [1.807, 2.05) is 17.5 Å². The number of rotatable bonds is 11. The molecule has 6 nitrogen and oxygen atoms in total. The Bertz CT molecular complexity index is 1190. The molecule has 7 heteroatoms. The van der Waals surface area contributed by atoms with Gasteiger partial charge in [-0.2, -0.15) is 9.61 Å². The Morgan fingerprint density at radius 2 is 2.00 bits per heavy atom. The third kappa shape index (κ3) is 5.50. The Hall–Kier alpha value is -3.09. The van der Waals surface area contributed by atoms with Crippen LogP contribution >= 0.6 is 0 Å². The topological polar surface area (TPSA) is 48.7 Å². The molecule has 1 unspecified atom stereocenters. The molecule has 194 valence electrons. The summed E-state index contributed by atoms with van der Waals surface area (Å²) in [4.78, 5) is 9.62. The zero-order chi connectivity index (χ0) is 25.7. The molecule has 4 rings (SSSR count). The van der Waals surface area contributed by atoms with Crippen molar-refractivity contribution in [2.75, 3.05) is 36.4 Å². The lowest BCUT2D eigenvalue weighted by atomic mass is 9.96. The summed E-state index contributed by atoms with van der Waals surface area (Å²) in [7, 11) is 0. The van der Waals surface area contributed by atoms with E-state index in [2.05, 4.69) is 54.6 Å². The van der Waals surface area contributed by atoms with Gasteiger partial charge < -0.3 is 15.1 Å². The van der Waals surface area contributed by atoms with E-state index in [0.29, 0.717) is 0 Å². The van der Waals surface area contributed by atoms with Crippen molar-refractivity contribution in [2.45, 2.75) is 72.3 Å². The normalized spacial score (nSPS) is 15.9. The number of anilines is 2. The molecule has 3 aromatic rings. The summed E-state index contributed by atoms with van der Waals surface area (Å²) in [5, 5.41) is 8.60.